The molecular formula is C14H9ClF2O3S2. The highest BCUT2D eigenvalue weighted by Crippen LogP contribution is 2.44. The van der Waals surface area contributed by atoms with Crippen LogP contribution in [0.1, 0.15) is 15.9 Å². The Morgan fingerprint density at radius 3 is 2.59 bits per heavy atom. The van der Waals surface area contributed by atoms with E-state index in [0.29, 0.717) is 16.0 Å². The van der Waals surface area contributed by atoms with Crippen LogP contribution in [-0.4, -0.2) is 26.6 Å². The molecule has 1 unspecified atom stereocenters. The number of benzene rings is 1. The Morgan fingerprint density at radius 2 is 2.00 bits per heavy atom. The van der Waals surface area contributed by atoms with E-state index in [2.05, 4.69) is 0 Å². The van der Waals surface area contributed by atoms with Crippen LogP contribution in [0.4, 0.5) is 8.78 Å². The molecule has 1 aromatic heterocycles. The van der Waals surface area contributed by atoms with Gasteiger partial charge in [0.15, 0.2) is 21.8 Å². The predicted molar refractivity (Wildman–Crippen MR) is 80.8 cm³/mol. The standard InChI is InChI=1S/C14H9ClF2O3S2/c1-22(19,20)14-11-9(5-10(17)12(11)18)13(21-14)6-2-7(15)4-8(16)3-6/h2-4,10H,5H2,1H3. The van der Waals surface area contributed by atoms with Crippen molar-refractivity contribution in [1.82, 2.24) is 0 Å². The van der Waals surface area contributed by atoms with Crippen molar-refractivity contribution < 1.29 is 22.0 Å². The monoisotopic (exact) mass is 362 g/mol. The molecule has 1 heterocycles. The highest BCUT2D eigenvalue weighted by atomic mass is 35.5. The van der Waals surface area contributed by atoms with Crippen molar-refractivity contribution in [2.75, 3.05) is 6.26 Å². The highest BCUT2D eigenvalue weighted by Gasteiger charge is 2.39. The second kappa shape index (κ2) is 5.11. The first kappa shape index (κ1) is 15.6. The molecule has 0 saturated carbocycles. The van der Waals surface area contributed by atoms with Crippen molar-refractivity contribution in [3.63, 3.8) is 0 Å². The smallest absolute Gasteiger partial charge is 0.199 e. The van der Waals surface area contributed by atoms with Gasteiger partial charge in [0.05, 0.1) is 5.56 Å². The summed E-state index contributed by atoms with van der Waals surface area (Å²) in [6.45, 7) is 0. The van der Waals surface area contributed by atoms with E-state index in [9.17, 15) is 22.0 Å². The summed E-state index contributed by atoms with van der Waals surface area (Å²) in [4.78, 5) is 12.3. The van der Waals surface area contributed by atoms with Crippen LogP contribution in [0.5, 0.6) is 0 Å². The summed E-state index contributed by atoms with van der Waals surface area (Å²) in [6, 6.07) is 3.75. The Balaban J connectivity index is 2.31. The predicted octanol–water partition coefficient (Wildman–Crippen LogP) is 3.69. The van der Waals surface area contributed by atoms with Gasteiger partial charge in [-0.2, -0.15) is 0 Å². The lowest BCUT2D eigenvalue weighted by Gasteiger charge is -2.03. The van der Waals surface area contributed by atoms with Gasteiger partial charge in [0.1, 0.15) is 10.0 Å². The molecule has 2 aromatic rings. The van der Waals surface area contributed by atoms with Gasteiger partial charge in [0, 0.05) is 22.6 Å². The fourth-order valence-corrected chi connectivity index (χ4v) is 5.22. The van der Waals surface area contributed by atoms with E-state index in [1.165, 1.54) is 12.1 Å². The van der Waals surface area contributed by atoms with Gasteiger partial charge in [-0.15, -0.1) is 11.3 Å². The number of hydrogen-bond acceptors (Lipinski definition) is 4. The van der Waals surface area contributed by atoms with E-state index in [1.54, 1.807) is 0 Å². The van der Waals surface area contributed by atoms with Crippen LogP contribution < -0.4 is 0 Å². The first-order valence-electron chi connectivity index (χ1n) is 6.19. The van der Waals surface area contributed by atoms with Crippen LogP contribution in [0.3, 0.4) is 0 Å². The third kappa shape index (κ3) is 2.47. The summed E-state index contributed by atoms with van der Waals surface area (Å²) in [5.41, 5.74) is 0.544. The number of alkyl halides is 1. The molecule has 0 fully saturated rings. The summed E-state index contributed by atoms with van der Waals surface area (Å²) in [6.07, 6.45) is -1.01. The van der Waals surface area contributed by atoms with E-state index in [1.807, 2.05) is 0 Å². The zero-order valence-electron chi connectivity index (χ0n) is 11.2. The molecule has 22 heavy (non-hydrogen) atoms. The van der Waals surface area contributed by atoms with E-state index in [0.717, 1.165) is 23.7 Å². The molecule has 1 aliphatic carbocycles. The lowest BCUT2D eigenvalue weighted by atomic mass is 10.1. The molecule has 0 radical (unpaired) electrons. The third-order valence-electron chi connectivity index (χ3n) is 3.35. The Labute approximate surface area is 134 Å². The van der Waals surface area contributed by atoms with Crippen LogP contribution in [0, 0.1) is 5.82 Å². The summed E-state index contributed by atoms with van der Waals surface area (Å²) in [5.74, 6) is -1.42. The molecule has 0 amide bonds. The van der Waals surface area contributed by atoms with E-state index in [4.69, 9.17) is 11.6 Å². The zero-order chi connectivity index (χ0) is 16.2. The van der Waals surface area contributed by atoms with Crippen molar-refractivity contribution in [3.05, 3.63) is 40.2 Å². The quantitative estimate of drug-likeness (QED) is 0.818. The molecule has 3 rings (SSSR count). The average Bonchev–Trinajstić information content (AvgIpc) is 2.87. The topological polar surface area (TPSA) is 51.2 Å². The van der Waals surface area contributed by atoms with Gasteiger partial charge < -0.3 is 0 Å². The Morgan fingerprint density at radius 1 is 1.32 bits per heavy atom. The first-order chi connectivity index (χ1) is 10.2. The fraction of sp³-hybridized carbons (Fsp3) is 0.214. The number of ketones is 1. The summed E-state index contributed by atoms with van der Waals surface area (Å²) >= 11 is 6.65. The van der Waals surface area contributed by atoms with Gasteiger partial charge in [-0.25, -0.2) is 17.2 Å². The summed E-state index contributed by atoms with van der Waals surface area (Å²) in [5, 5.41) is 0.138. The Hall–Kier alpha value is -1.31. The maximum absolute atomic E-state index is 13.7. The van der Waals surface area contributed by atoms with Crippen LogP contribution in [-0.2, 0) is 16.3 Å². The molecular weight excluding hydrogens is 354 g/mol. The molecule has 0 saturated heterocycles. The normalized spacial score (nSPS) is 17.8. The van der Waals surface area contributed by atoms with Gasteiger partial charge in [-0.1, -0.05) is 11.6 Å². The number of rotatable bonds is 2. The van der Waals surface area contributed by atoms with Crippen LogP contribution in [0.15, 0.2) is 22.4 Å². The minimum atomic E-state index is -3.69. The van der Waals surface area contributed by atoms with E-state index >= 15 is 0 Å². The van der Waals surface area contributed by atoms with Crippen LogP contribution in [0.2, 0.25) is 5.02 Å². The number of halogens is 3. The first-order valence-corrected chi connectivity index (χ1v) is 9.27. The number of carbonyl (C=O) groups excluding carboxylic acids is 1. The van der Waals surface area contributed by atoms with Gasteiger partial charge in [0.2, 0.25) is 0 Å². The second-order valence-corrected chi connectivity index (χ2v) is 8.71. The lowest BCUT2D eigenvalue weighted by molar-refractivity contribution is 0.0896. The molecule has 3 nitrogen and oxygen atoms in total. The van der Waals surface area contributed by atoms with Crippen molar-refractivity contribution in [2.45, 2.75) is 16.8 Å². The van der Waals surface area contributed by atoms with Crippen LogP contribution >= 0.6 is 22.9 Å². The number of fused-ring (bicyclic) bond motifs is 1. The molecule has 0 spiro atoms. The molecule has 1 atom stereocenters. The number of carbonyl (C=O) groups is 1. The summed E-state index contributed by atoms with van der Waals surface area (Å²) < 4.78 is 50.8. The van der Waals surface area contributed by atoms with Crippen molar-refractivity contribution in [2.24, 2.45) is 0 Å². The van der Waals surface area contributed by atoms with E-state index < -0.39 is 27.6 Å². The van der Waals surface area contributed by atoms with Crippen molar-refractivity contribution >= 4 is 38.6 Å². The maximum Gasteiger partial charge on any atom is 0.199 e. The molecule has 116 valence electrons. The molecule has 0 N–H and O–H groups in total. The van der Waals surface area contributed by atoms with Gasteiger partial charge >= 0.3 is 0 Å². The average molecular weight is 363 g/mol. The SMILES string of the molecule is CS(=O)(=O)c1sc(-c2cc(F)cc(Cl)c2)c2c1C(=O)C(F)C2. The van der Waals surface area contributed by atoms with Gasteiger partial charge in [0.25, 0.3) is 0 Å². The molecule has 0 aliphatic heterocycles. The van der Waals surface area contributed by atoms with Gasteiger partial charge in [-0.05, 0) is 29.3 Å². The number of Topliss-reactive ketones (excluding diaryl/α,β-unsaturated/α-hetero) is 1. The minimum Gasteiger partial charge on any atom is -0.291 e. The molecule has 0 bridgehead atoms. The maximum atomic E-state index is 13.7. The Kier molecular flexibility index (Phi) is 3.62. The second-order valence-electron chi connectivity index (χ2n) is 5.04. The largest absolute Gasteiger partial charge is 0.291 e. The number of hydrogen-bond donors (Lipinski definition) is 0. The number of thiophene rings is 1. The van der Waals surface area contributed by atoms with Crippen molar-refractivity contribution in [1.29, 1.82) is 0 Å². The number of sulfone groups is 1. The lowest BCUT2D eigenvalue weighted by Crippen LogP contribution is -2.11. The highest BCUT2D eigenvalue weighted by molar-refractivity contribution is 7.93. The molecule has 1 aromatic carbocycles. The minimum absolute atomic E-state index is 0.101. The fourth-order valence-electron chi connectivity index (χ4n) is 2.49. The van der Waals surface area contributed by atoms with Crippen LogP contribution in [0.25, 0.3) is 10.4 Å². The van der Waals surface area contributed by atoms with Gasteiger partial charge in [-0.3, -0.25) is 4.79 Å². The zero-order valence-corrected chi connectivity index (χ0v) is 13.6. The third-order valence-corrected chi connectivity index (χ3v) is 6.68. The molecule has 8 heteroatoms. The Bertz CT molecular complexity index is 883. The molecule has 1 aliphatic rings. The van der Waals surface area contributed by atoms with Crippen molar-refractivity contribution in [3.8, 4) is 10.4 Å². The van der Waals surface area contributed by atoms with E-state index in [-0.39, 0.29) is 21.2 Å². The summed E-state index contributed by atoms with van der Waals surface area (Å²) in [7, 11) is -3.69.